The number of hydrogen-bond acceptors (Lipinski definition) is 2. The van der Waals surface area contributed by atoms with Crippen LogP contribution in [0.25, 0.3) is 0 Å². The van der Waals surface area contributed by atoms with E-state index in [4.69, 9.17) is 0 Å². The third kappa shape index (κ3) is 24.1. The van der Waals surface area contributed by atoms with Gasteiger partial charge in [-0.3, -0.25) is 10.1 Å². The molecule has 3 nitrogen and oxygen atoms in total. The van der Waals surface area contributed by atoms with Crippen LogP contribution in [0.2, 0.25) is 0 Å². The number of nitrogens with zero attached hydrogens (tertiary/aromatic N) is 1. The number of nitro benzene ring substituents is 1. The molecule has 0 bridgehead atoms. The van der Waals surface area contributed by atoms with Crippen molar-refractivity contribution in [3.63, 3.8) is 0 Å². The van der Waals surface area contributed by atoms with E-state index in [1.54, 1.807) is 12.1 Å². The number of benzene rings is 1. The van der Waals surface area contributed by atoms with Crippen LogP contribution in [0, 0.1) is 10.1 Å². The van der Waals surface area contributed by atoms with Crippen molar-refractivity contribution in [1.82, 2.24) is 0 Å². The zero-order chi connectivity index (χ0) is 17.7. The maximum absolute atomic E-state index is 10.2. The molecule has 1 aromatic carbocycles. The molecule has 1 rings (SSSR count). The van der Waals surface area contributed by atoms with Crippen LogP contribution in [-0.2, 0) is 6.42 Å². The van der Waals surface area contributed by atoms with Crippen LogP contribution < -0.4 is 0 Å². The summed E-state index contributed by atoms with van der Waals surface area (Å²) >= 11 is 0. The molecule has 3 heteroatoms. The minimum absolute atomic E-state index is 0.155. The molecule has 0 radical (unpaired) electrons. The van der Waals surface area contributed by atoms with Crippen molar-refractivity contribution >= 4 is 5.69 Å². The summed E-state index contributed by atoms with van der Waals surface area (Å²) in [6, 6.07) is 6.61. The summed E-state index contributed by atoms with van der Waals surface area (Å²) in [5.74, 6) is 0. The van der Waals surface area contributed by atoms with Crippen molar-refractivity contribution in [2.75, 3.05) is 0 Å². The van der Waals surface area contributed by atoms with Crippen LogP contribution in [0.5, 0.6) is 0 Å². The number of rotatable bonds is 2. The summed E-state index contributed by atoms with van der Waals surface area (Å²) < 4.78 is 0. The summed E-state index contributed by atoms with van der Waals surface area (Å²) in [4.78, 5) is 9.82. The maximum atomic E-state index is 10.2. The average Bonchev–Trinajstić information content (AvgIpc) is 2.53. The summed E-state index contributed by atoms with van der Waals surface area (Å²) in [6.45, 7) is 18.5. The highest BCUT2D eigenvalue weighted by Crippen LogP contribution is 2.11. The molecule has 0 heterocycles. The Morgan fingerprint density at radius 1 is 0.810 bits per heavy atom. The number of nitro groups is 1. The zero-order valence-electron chi connectivity index (χ0n) is 15.7. The summed E-state index contributed by atoms with van der Waals surface area (Å²) in [6.07, 6.45) is 3.41. The molecular weight excluding hydrogens is 262 g/mol. The molecule has 21 heavy (non-hydrogen) atoms. The first-order valence-corrected chi connectivity index (χ1v) is 8.30. The molecule has 0 unspecified atom stereocenters. The van der Waals surface area contributed by atoms with Gasteiger partial charge in [0.25, 0.3) is 5.69 Å². The molecule has 126 valence electrons. The lowest BCUT2D eigenvalue weighted by Crippen LogP contribution is -1.87. The molecule has 0 N–H and O–H groups in total. The van der Waals surface area contributed by atoms with Gasteiger partial charge < -0.3 is 0 Å². The second kappa shape index (κ2) is 27.0. The fourth-order valence-corrected chi connectivity index (χ4v) is 0.853. The fraction of sp³-hybridized carbons (Fsp3) is 0.667. The van der Waals surface area contributed by atoms with Crippen molar-refractivity contribution in [3.05, 3.63) is 39.9 Å². The SMILES string of the molecule is CC.CC.CCC.CCC.CCc1ccc([N+](=O)[O-])cc1. The summed E-state index contributed by atoms with van der Waals surface area (Å²) in [7, 11) is 0. The standard InChI is InChI=1S/C8H9NO2.2C3H8.2C2H6/c1-2-7-3-5-8(6-4-7)9(10)11;2*1-3-2;2*1-2/h3-6H,2H2,1H3;2*3H2,1-2H3;2*1-2H3. The van der Waals surface area contributed by atoms with Crippen LogP contribution >= 0.6 is 0 Å². The van der Waals surface area contributed by atoms with Crippen molar-refractivity contribution in [1.29, 1.82) is 0 Å². The molecule has 0 spiro atoms. The Bertz CT molecular complexity index is 280. The summed E-state index contributed by atoms with van der Waals surface area (Å²) in [5.41, 5.74) is 1.28. The van der Waals surface area contributed by atoms with Gasteiger partial charge in [-0.1, -0.05) is 87.3 Å². The van der Waals surface area contributed by atoms with E-state index in [-0.39, 0.29) is 10.6 Å². The van der Waals surface area contributed by atoms with Gasteiger partial charge in [-0.2, -0.15) is 0 Å². The Labute approximate surface area is 132 Å². The van der Waals surface area contributed by atoms with E-state index in [0.29, 0.717) is 0 Å². The van der Waals surface area contributed by atoms with E-state index in [9.17, 15) is 10.1 Å². The number of hydrogen-bond donors (Lipinski definition) is 0. The summed E-state index contributed by atoms with van der Waals surface area (Å²) in [5, 5.41) is 10.2. The molecule has 0 aliphatic heterocycles. The highest BCUT2D eigenvalue weighted by molar-refractivity contribution is 5.32. The van der Waals surface area contributed by atoms with Crippen LogP contribution in [0.4, 0.5) is 5.69 Å². The minimum Gasteiger partial charge on any atom is -0.258 e. The first-order valence-electron chi connectivity index (χ1n) is 8.30. The van der Waals surface area contributed by atoms with E-state index in [2.05, 4.69) is 27.7 Å². The Balaban J connectivity index is -0.000000121. The normalized spacial score (nSPS) is 7.29. The second-order valence-corrected chi connectivity index (χ2v) is 3.69. The lowest BCUT2D eigenvalue weighted by atomic mass is 10.2. The predicted molar refractivity (Wildman–Crippen MR) is 97.1 cm³/mol. The highest BCUT2D eigenvalue weighted by Gasteiger charge is 2.01. The van der Waals surface area contributed by atoms with Crippen LogP contribution in [0.1, 0.15) is 80.7 Å². The Morgan fingerprint density at radius 3 is 1.29 bits per heavy atom. The van der Waals surface area contributed by atoms with Gasteiger partial charge in [0.15, 0.2) is 0 Å². The molecule has 0 aromatic heterocycles. The number of aryl methyl sites for hydroxylation is 1. The van der Waals surface area contributed by atoms with E-state index < -0.39 is 0 Å². The van der Waals surface area contributed by atoms with Crippen LogP contribution in [0.3, 0.4) is 0 Å². The first kappa shape index (κ1) is 27.9. The topological polar surface area (TPSA) is 43.1 Å². The van der Waals surface area contributed by atoms with Gasteiger partial charge in [0.2, 0.25) is 0 Å². The monoisotopic (exact) mass is 299 g/mol. The quantitative estimate of drug-likeness (QED) is 0.434. The molecule has 0 amide bonds. The van der Waals surface area contributed by atoms with Crippen LogP contribution in [-0.4, -0.2) is 4.92 Å². The van der Waals surface area contributed by atoms with Crippen molar-refractivity contribution in [2.24, 2.45) is 0 Å². The highest BCUT2D eigenvalue weighted by atomic mass is 16.6. The molecule has 0 fully saturated rings. The molecule has 0 aliphatic rings. The lowest BCUT2D eigenvalue weighted by Gasteiger charge is -1.93. The van der Waals surface area contributed by atoms with E-state index in [1.165, 1.54) is 25.0 Å². The molecule has 0 saturated carbocycles. The van der Waals surface area contributed by atoms with Gasteiger partial charge in [0, 0.05) is 12.1 Å². The fourth-order valence-electron chi connectivity index (χ4n) is 0.853. The third-order valence-corrected chi connectivity index (χ3v) is 1.56. The third-order valence-electron chi connectivity index (χ3n) is 1.56. The minimum atomic E-state index is -0.389. The van der Waals surface area contributed by atoms with Crippen molar-refractivity contribution in [3.8, 4) is 0 Å². The average molecular weight is 299 g/mol. The Hall–Kier alpha value is -1.38. The smallest absolute Gasteiger partial charge is 0.258 e. The Kier molecular flexibility index (Phi) is 35.9. The van der Waals surface area contributed by atoms with E-state index in [0.717, 1.165) is 12.0 Å². The van der Waals surface area contributed by atoms with Crippen molar-refractivity contribution < 1.29 is 4.92 Å². The van der Waals surface area contributed by atoms with Gasteiger partial charge in [-0.05, 0) is 12.0 Å². The molecule has 0 atom stereocenters. The molecule has 0 saturated heterocycles. The predicted octanol–water partition coefficient (Wildman–Crippen LogP) is 7.04. The van der Waals surface area contributed by atoms with Crippen LogP contribution in [0.15, 0.2) is 24.3 Å². The molecule has 0 aliphatic carbocycles. The molecular formula is C18H37NO2. The van der Waals surface area contributed by atoms with Gasteiger partial charge in [0.1, 0.15) is 0 Å². The second-order valence-electron chi connectivity index (χ2n) is 3.69. The van der Waals surface area contributed by atoms with Gasteiger partial charge in [-0.15, -0.1) is 0 Å². The largest absolute Gasteiger partial charge is 0.269 e. The van der Waals surface area contributed by atoms with Gasteiger partial charge in [-0.25, -0.2) is 0 Å². The van der Waals surface area contributed by atoms with Gasteiger partial charge in [0.05, 0.1) is 4.92 Å². The first-order chi connectivity index (χ1) is 10.1. The lowest BCUT2D eigenvalue weighted by molar-refractivity contribution is -0.384. The molecule has 1 aromatic rings. The maximum Gasteiger partial charge on any atom is 0.269 e. The Morgan fingerprint density at radius 2 is 1.10 bits per heavy atom. The van der Waals surface area contributed by atoms with E-state index in [1.807, 2.05) is 34.6 Å². The van der Waals surface area contributed by atoms with Gasteiger partial charge >= 0.3 is 0 Å². The van der Waals surface area contributed by atoms with Crippen molar-refractivity contribution in [2.45, 2.75) is 81.6 Å². The zero-order valence-corrected chi connectivity index (χ0v) is 15.7. The number of non-ortho nitro benzene ring substituents is 1. The van der Waals surface area contributed by atoms with E-state index >= 15 is 0 Å².